The number of benzene rings is 1. The molecule has 0 saturated heterocycles. The summed E-state index contributed by atoms with van der Waals surface area (Å²) in [5.74, 6) is 1.31. The number of methoxy groups -OCH3 is 2. The molecule has 6 heteroatoms. The zero-order valence-electron chi connectivity index (χ0n) is 17.3. The van der Waals surface area contributed by atoms with E-state index in [1.807, 2.05) is 39.1 Å². The average molecular weight is 369 g/mol. The first-order valence-corrected chi connectivity index (χ1v) is 9.12. The molecule has 1 atom stereocenters. The van der Waals surface area contributed by atoms with Crippen LogP contribution >= 0.6 is 0 Å². The minimum atomic E-state index is -0.551. The van der Waals surface area contributed by atoms with E-state index in [-0.39, 0.29) is 12.2 Å². The van der Waals surface area contributed by atoms with Gasteiger partial charge in [0.15, 0.2) is 11.5 Å². The molecule has 0 spiro atoms. The number of aliphatic hydroxyl groups excluding tert-OH is 1. The molecule has 1 aromatic rings. The van der Waals surface area contributed by atoms with Gasteiger partial charge in [0.2, 0.25) is 0 Å². The molecule has 0 fully saturated rings. The van der Waals surface area contributed by atoms with Crippen LogP contribution in [0.4, 0.5) is 0 Å². The molecule has 1 aromatic carbocycles. The van der Waals surface area contributed by atoms with Crippen molar-refractivity contribution in [2.45, 2.75) is 52.0 Å². The first kappa shape index (κ1) is 22.7. The summed E-state index contributed by atoms with van der Waals surface area (Å²) in [5.41, 5.74) is 0.896. The van der Waals surface area contributed by atoms with Gasteiger partial charge in [-0.3, -0.25) is 0 Å². The topological polar surface area (TPSA) is 63.2 Å². The predicted molar refractivity (Wildman–Crippen MR) is 105 cm³/mol. The third-order valence-electron chi connectivity index (χ3n) is 4.47. The lowest BCUT2D eigenvalue weighted by molar-refractivity contribution is 0.0230. The third kappa shape index (κ3) is 7.91. The van der Waals surface area contributed by atoms with E-state index in [4.69, 9.17) is 14.2 Å². The van der Waals surface area contributed by atoms with Crippen LogP contribution in [-0.4, -0.2) is 68.7 Å². The Morgan fingerprint density at radius 2 is 1.88 bits per heavy atom. The quantitative estimate of drug-likeness (QED) is 0.590. The lowest BCUT2D eigenvalue weighted by Crippen LogP contribution is -2.37. The monoisotopic (exact) mass is 368 g/mol. The number of likely N-dealkylation sites (N-methyl/N-ethyl adjacent to an activating group) is 1. The molecule has 0 bridgehead atoms. The van der Waals surface area contributed by atoms with Gasteiger partial charge in [-0.2, -0.15) is 0 Å². The Kier molecular flexibility index (Phi) is 9.36. The summed E-state index contributed by atoms with van der Waals surface area (Å²) in [4.78, 5) is 2.08. The SMILES string of the molecule is COc1cc(CNCC(C)(C)OC)ccc1OC[C@H](O)CN(C)C(C)C. The van der Waals surface area contributed by atoms with Crippen molar-refractivity contribution in [1.82, 2.24) is 10.2 Å². The molecule has 0 saturated carbocycles. The van der Waals surface area contributed by atoms with Crippen molar-refractivity contribution in [3.05, 3.63) is 23.8 Å². The van der Waals surface area contributed by atoms with Gasteiger partial charge in [0.1, 0.15) is 12.7 Å². The van der Waals surface area contributed by atoms with E-state index in [1.54, 1.807) is 14.2 Å². The van der Waals surface area contributed by atoms with Crippen LogP contribution in [0.5, 0.6) is 11.5 Å². The van der Waals surface area contributed by atoms with E-state index < -0.39 is 6.10 Å². The number of rotatable bonds is 12. The van der Waals surface area contributed by atoms with Gasteiger partial charge in [0.25, 0.3) is 0 Å². The van der Waals surface area contributed by atoms with Crippen molar-refractivity contribution in [2.75, 3.05) is 41.0 Å². The predicted octanol–water partition coefficient (Wildman–Crippen LogP) is 2.29. The molecule has 26 heavy (non-hydrogen) atoms. The van der Waals surface area contributed by atoms with Crippen LogP contribution < -0.4 is 14.8 Å². The van der Waals surface area contributed by atoms with Gasteiger partial charge in [-0.1, -0.05) is 6.07 Å². The molecule has 0 aromatic heterocycles. The maximum Gasteiger partial charge on any atom is 0.161 e. The summed E-state index contributed by atoms with van der Waals surface area (Å²) >= 11 is 0. The van der Waals surface area contributed by atoms with E-state index in [9.17, 15) is 5.11 Å². The van der Waals surface area contributed by atoms with Gasteiger partial charge in [0.05, 0.1) is 12.7 Å². The molecular weight excluding hydrogens is 332 g/mol. The Bertz CT molecular complexity index is 535. The minimum Gasteiger partial charge on any atom is -0.493 e. The van der Waals surface area contributed by atoms with Crippen LogP contribution in [0.3, 0.4) is 0 Å². The smallest absolute Gasteiger partial charge is 0.161 e. The largest absolute Gasteiger partial charge is 0.493 e. The highest BCUT2D eigenvalue weighted by molar-refractivity contribution is 5.43. The molecule has 6 nitrogen and oxygen atoms in total. The summed E-state index contributed by atoms with van der Waals surface area (Å²) in [6.07, 6.45) is -0.551. The minimum absolute atomic E-state index is 0.202. The Hall–Kier alpha value is -1.34. The Labute approximate surface area is 158 Å². The summed E-state index contributed by atoms with van der Waals surface area (Å²) in [6, 6.07) is 6.22. The van der Waals surface area contributed by atoms with Crippen LogP contribution in [0.2, 0.25) is 0 Å². The zero-order chi connectivity index (χ0) is 19.7. The summed E-state index contributed by atoms with van der Waals surface area (Å²) in [6.45, 7) is 10.5. The molecule has 0 radical (unpaired) electrons. The first-order chi connectivity index (χ1) is 12.2. The fourth-order valence-corrected chi connectivity index (χ4v) is 2.30. The molecule has 0 unspecified atom stereocenters. The maximum absolute atomic E-state index is 10.1. The zero-order valence-corrected chi connectivity index (χ0v) is 17.3. The number of ether oxygens (including phenoxy) is 3. The highest BCUT2D eigenvalue weighted by Crippen LogP contribution is 2.28. The summed E-state index contributed by atoms with van der Waals surface area (Å²) < 4.78 is 16.6. The van der Waals surface area contributed by atoms with Gasteiger partial charge in [-0.15, -0.1) is 0 Å². The van der Waals surface area contributed by atoms with Crippen LogP contribution in [0.1, 0.15) is 33.3 Å². The number of nitrogens with zero attached hydrogens (tertiary/aromatic N) is 1. The molecule has 0 aliphatic carbocycles. The highest BCUT2D eigenvalue weighted by atomic mass is 16.5. The Morgan fingerprint density at radius 1 is 1.19 bits per heavy atom. The number of hydrogen-bond donors (Lipinski definition) is 2. The lowest BCUT2D eigenvalue weighted by Gasteiger charge is -2.24. The van der Waals surface area contributed by atoms with Gasteiger partial charge in [0, 0.05) is 32.8 Å². The molecule has 0 heterocycles. The number of hydrogen-bond acceptors (Lipinski definition) is 6. The molecule has 2 N–H and O–H groups in total. The average Bonchev–Trinajstić information content (AvgIpc) is 2.60. The molecule has 0 aliphatic heterocycles. The summed E-state index contributed by atoms with van der Waals surface area (Å²) in [7, 11) is 5.32. The van der Waals surface area contributed by atoms with Gasteiger partial charge in [-0.05, 0) is 52.4 Å². The standard InChI is InChI=1S/C20H36N2O4/c1-15(2)22(5)12-17(23)13-26-18-9-8-16(10-19(18)24-6)11-21-14-20(3,4)25-7/h8-10,15,17,21,23H,11-14H2,1-7H3/t17-/m1/s1. The lowest BCUT2D eigenvalue weighted by atomic mass is 10.1. The molecule has 0 aliphatic rings. The fourth-order valence-electron chi connectivity index (χ4n) is 2.30. The van der Waals surface area contributed by atoms with Crippen LogP contribution in [0.25, 0.3) is 0 Å². The van der Waals surface area contributed by atoms with E-state index >= 15 is 0 Å². The molecule has 0 amide bonds. The Morgan fingerprint density at radius 3 is 2.46 bits per heavy atom. The van der Waals surface area contributed by atoms with Gasteiger partial charge >= 0.3 is 0 Å². The van der Waals surface area contributed by atoms with E-state index in [0.717, 1.165) is 12.1 Å². The first-order valence-electron chi connectivity index (χ1n) is 9.12. The van der Waals surface area contributed by atoms with Gasteiger partial charge < -0.3 is 29.5 Å². The molecule has 150 valence electrons. The van der Waals surface area contributed by atoms with Crippen LogP contribution in [0, 0.1) is 0 Å². The second-order valence-electron chi connectivity index (χ2n) is 7.55. The van der Waals surface area contributed by atoms with E-state index in [0.29, 0.717) is 30.6 Å². The van der Waals surface area contributed by atoms with Gasteiger partial charge in [-0.25, -0.2) is 0 Å². The fraction of sp³-hybridized carbons (Fsp3) is 0.700. The number of aliphatic hydroxyl groups is 1. The van der Waals surface area contributed by atoms with Crippen molar-refractivity contribution < 1.29 is 19.3 Å². The summed E-state index contributed by atoms with van der Waals surface area (Å²) in [5, 5.41) is 13.5. The van der Waals surface area contributed by atoms with Crippen molar-refractivity contribution in [3.8, 4) is 11.5 Å². The van der Waals surface area contributed by atoms with E-state index in [2.05, 4.69) is 24.1 Å². The van der Waals surface area contributed by atoms with Crippen LogP contribution in [-0.2, 0) is 11.3 Å². The van der Waals surface area contributed by atoms with Crippen molar-refractivity contribution >= 4 is 0 Å². The van der Waals surface area contributed by atoms with Crippen molar-refractivity contribution in [2.24, 2.45) is 0 Å². The van der Waals surface area contributed by atoms with Crippen LogP contribution in [0.15, 0.2) is 18.2 Å². The third-order valence-corrected chi connectivity index (χ3v) is 4.47. The highest BCUT2D eigenvalue weighted by Gasteiger charge is 2.16. The molecule has 1 rings (SSSR count). The van der Waals surface area contributed by atoms with Crippen molar-refractivity contribution in [1.29, 1.82) is 0 Å². The Balaban J connectivity index is 2.57. The van der Waals surface area contributed by atoms with E-state index in [1.165, 1.54) is 0 Å². The molecular formula is C20H36N2O4. The second kappa shape index (κ2) is 10.7. The second-order valence-corrected chi connectivity index (χ2v) is 7.55. The normalized spacial score (nSPS) is 13.3. The van der Waals surface area contributed by atoms with Crippen molar-refractivity contribution in [3.63, 3.8) is 0 Å². The maximum atomic E-state index is 10.1. The number of nitrogens with one attached hydrogen (secondary N) is 1.